The number of aromatic nitrogens is 2. The molecule has 0 bridgehead atoms. The Morgan fingerprint density at radius 2 is 2.55 bits per heavy atom. The molecule has 1 aromatic rings. The lowest BCUT2D eigenvalue weighted by Crippen LogP contribution is -2.20. The molecule has 0 aliphatic heterocycles. The predicted octanol–water partition coefficient (Wildman–Crippen LogP) is 0.330. The molecule has 5 heteroatoms. The number of hydrogen-bond acceptors (Lipinski definition) is 2. The minimum atomic E-state index is -0.423. The van der Waals surface area contributed by atoms with E-state index >= 15 is 0 Å². The first-order valence-corrected chi connectivity index (χ1v) is 3.45. The van der Waals surface area contributed by atoms with E-state index < -0.39 is 5.91 Å². The maximum Gasteiger partial charge on any atom is 0.239 e. The summed E-state index contributed by atoms with van der Waals surface area (Å²) in [6.07, 6.45) is 0. The number of hydrogen-bond donors (Lipinski definition) is 1. The monoisotopic (exact) mass is 173 g/mol. The number of nitrogens with two attached hydrogens (primary N) is 1. The first-order chi connectivity index (χ1) is 5.09. The van der Waals surface area contributed by atoms with Crippen molar-refractivity contribution in [1.82, 2.24) is 9.78 Å². The van der Waals surface area contributed by atoms with E-state index in [4.69, 9.17) is 17.3 Å². The van der Waals surface area contributed by atoms with Crippen LogP contribution in [0.3, 0.4) is 0 Å². The van der Waals surface area contributed by atoms with Gasteiger partial charge in [-0.3, -0.25) is 9.48 Å². The maximum absolute atomic E-state index is 10.4. The van der Waals surface area contributed by atoms with Gasteiger partial charge in [0.25, 0.3) is 0 Å². The smallest absolute Gasteiger partial charge is 0.239 e. The van der Waals surface area contributed by atoms with E-state index in [2.05, 4.69) is 5.10 Å². The summed E-state index contributed by atoms with van der Waals surface area (Å²) in [5.41, 5.74) is 5.79. The molecular weight excluding hydrogens is 166 g/mol. The van der Waals surface area contributed by atoms with Crippen LogP contribution in [-0.2, 0) is 11.3 Å². The Bertz CT molecular complexity index is 281. The van der Waals surface area contributed by atoms with Crippen molar-refractivity contribution in [1.29, 1.82) is 0 Å². The fourth-order valence-corrected chi connectivity index (χ4v) is 1.03. The van der Waals surface area contributed by atoms with Gasteiger partial charge in [-0.05, 0) is 13.0 Å². The van der Waals surface area contributed by atoms with E-state index in [9.17, 15) is 4.79 Å². The molecule has 1 rings (SSSR count). The van der Waals surface area contributed by atoms with Crippen LogP contribution in [0.2, 0.25) is 5.15 Å². The third-order valence-corrected chi connectivity index (χ3v) is 1.44. The van der Waals surface area contributed by atoms with Gasteiger partial charge in [-0.1, -0.05) is 11.6 Å². The highest BCUT2D eigenvalue weighted by Crippen LogP contribution is 2.07. The van der Waals surface area contributed by atoms with Gasteiger partial charge in [0.2, 0.25) is 5.91 Å². The summed E-state index contributed by atoms with van der Waals surface area (Å²) >= 11 is 5.57. The fourth-order valence-electron chi connectivity index (χ4n) is 0.778. The van der Waals surface area contributed by atoms with Crippen molar-refractivity contribution >= 4 is 17.5 Å². The van der Waals surface area contributed by atoms with Crippen LogP contribution in [0.1, 0.15) is 5.69 Å². The number of primary amides is 1. The second kappa shape index (κ2) is 2.92. The van der Waals surface area contributed by atoms with Crippen molar-refractivity contribution in [2.75, 3.05) is 0 Å². The van der Waals surface area contributed by atoms with Gasteiger partial charge in [0.1, 0.15) is 6.54 Å². The van der Waals surface area contributed by atoms with Gasteiger partial charge in [-0.25, -0.2) is 0 Å². The number of carbonyl (C=O) groups is 1. The van der Waals surface area contributed by atoms with Crippen LogP contribution in [-0.4, -0.2) is 15.7 Å². The first-order valence-electron chi connectivity index (χ1n) is 3.08. The van der Waals surface area contributed by atoms with Gasteiger partial charge < -0.3 is 5.73 Å². The Morgan fingerprint density at radius 3 is 2.91 bits per heavy atom. The maximum atomic E-state index is 10.4. The van der Waals surface area contributed by atoms with Gasteiger partial charge in [-0.15, -0.1) is 0 Å². The molecule has 0 aliphatic rings. The van der Waals surface area contributed by atoms with Gasteiger partial charge in [0.15, 0.2) is 5.15 Å². The Kier molecular flexibility index (Phi) is 2.14. The Labute approximate surface area is 68.9 Å². The number of halogens is 1. The SMILES string of the molecule is Cc1cc(Cl)nn1CC(N)=O. The molecule has 0 atom stereocenters. The summed E-state index contributed by atoms with van der Waals surface area (Å²) < 4.78 is 1.46. The first kappa shape index (κ1) is 8.07. The van der Waals surface area contributed by atoms with Crippen LogP contribution in [0.15, 0.2) is 6.07 Å². The highest BCUT2D eigenvalue weighted by Gasteiger charge is 2.03. The van der Waals surface area contributed by atoms with Crippen molar-refractivity contribution in [3.05, 3.63) is 16.9 Å². The summed E-state index contributed by atoms with van der Waals surface area (Å²) in [6.45, 7) is 1.89. The van der Waals surface area contributed by atoms with Crippen molar-refractivity contribution in [2.45, 2.75) is 13.5 Å². The fraction of sp³-hybridized carbons (Fsp3) is 0.333. The second-order valence-corrected chi connectivity index (χ2v) is 2.62. The lowest BCUT2D eigenvalue weighted by molar-refractivity contribution is -0.118. The van der Waals surface area contributed by atoms with Crippen LogP contribution < -0.4 is 5.73 Å². The summed E-state index contributed by atoms with van der Waals surface area (Å²) in [5, 5.41) is 4.21. The van der Waals surface area contributed by atoms with E-state index in [0.29, 0.717) is 5.15 Å². The van der Waals surface area contributed by atoms with Crippen LogP contribution in [0, 0.1) is 6.92 Å². The molecule has 0 spiro atoms. The summed E-state index contributed by atoms with van der Waals surface area (Å²) in [6, 6.07) is 1.67. The van der Waals surface area contributed by atoms with E-state index in [1.165, 1.54) is 4.68 Å². The normalized spacial score (nSPS) is 10.0. The van der Waals surface area contributed by atoms with Gasteiger partial charge in [-0.2, -0.15) is 5.10 Å². The molecule has 60 valence electrons. The number of carbonyl (C=O) groups excluding carboxylic acids is 1. The van der Waals surface area contributed by atoms with Gasteiger partial charge in [0, 0.05) is 5.69 Å². The van der Waals surface area contributed by atoms with E-state index in [-0.39, 0.29) is 6.54 Å². The number of rotatable bonds is 2. The topological polar surface area (TPSA) is 60.9 Å². The zero-order chi connectivity index (χ0) is 8.43. The minimum Gasteiger partial charge on any atom is -0.368 e. The Morgan fingerprint density at radius 1 is 1.91 bits per heavy atom. The third kappa shape index (κ3) is 1.94. The molecule has 1 aromatic heterocycles. The van der Waals surface area contributed by atoms with E-state index in [1.54, 1.807) is 6.07 Å². The predicted molar refractivity (Wildman–Crippen MR) is 41.2 cm³/mol. The van der Waals surface area contributed by atoms with Crippen molar-refractivity contribution in [3.63, 3.8) is 0 Å². The van der Waals surface area contributed by atoms with Gasteiger partial charge in [0.05, 0.1) is 0 Å². The zero-order valence-corrected chi connectivity index (χ0v) is 6.80. The number of nitrogens with zero attached hydrogens (tertiary/aromatic N) is 2. The number of amides is 1. The molecule has 0 saturated heterocycles. The summed E-state index contributed by atoms with van der Waals surface area (Å²) in [7, 11) is 0. The lowest BCUT2D eigenvalue weighted by Gasteiger charge is -1.97. The molecule has 0 aromatic carbocycles. The molecule has 0 aliphatic carbocycles. The summed E-state index contributed by atoms with van der Waals surface area (Å²) in [4.78, 5) is 10.4. The molecule has 0 radical (unpaired) electrons. The highest BCUT2D eigenvalue weighted by molar-refractivity contribution is 6.29. The Hall–Kier alpha value is -1.03. The number of aryl methyl sites for hydroxylation is 1. The summed E-state index contributed by atoms with van der Waals surface area (Å²) in [5.74, 6) is -0.423. The van der Waals surface area contributed by atoms with Crippen LogP contribution >= 0.6 is 11.6 Å². The van der Waals surface area contributed by atoms with E-state index in [0.717, 1.165) is 5.69 Å². The third-order valence-electron chi connectivity index (χ3n) is 1.26. The molecule has 4 nitrogen and oxygen atoms in total. The molecular formula is C6H8ClN3O. The van der Waals surface area contributed by atoms with Crippen molar-refractivity contribution < 1.29 is 4.79 Å². The van der Waals surface area contributed by atoms with E-state index in [1.807, 2.05) is 6.92 Å². The van der Waals surface area contributed by atoms with Crippen molar-refractivity contribution in [2.24, 2.45) is 5.73 Å². The van der Waals surface area contributed by atoms with Crippen molar-refractivity contribution in [3.8, 4) is 0 Å². The molecule has 2 N–H and O–H groups in total. The minimum absolute atomic E-state index is 0.0819. The van der Waals surface area contributed by atoms with Crippen LogP contribution in [0.4, 0.5) is 0 Å². The molecule has 1 heterocycles. The lowest BCUT2D eigenvalue weighted by atomic mass is 10.5. The zero-order valence-electron chi connectivity index (χ0n) is 6.04. The standard InChI is InChI=1S/C6H8ClN3O/c1-4-2-5(7)9-10(4)3-6(8)11/h2H,3H2,1H3,(H2,8,11). The average molecular weight is 174 g/mol. The average Bonchev–Trinajstić information content (AvgIpc) is 2.09. The Balaban J connectivity index is 2.85. The molecule has 0 saturated carbocycles. The van der Waals surface area contributed by atoms with Crippen LogP contribution in [0.25, 0.3) is 0 Å². The second-order valence-electron chi connectivity index (χ2n) is 2.23. The molecule has 0 fully saturated rings. The molecule has 0 unspecified atom stereocenters. The highest BCUT2D eigenvalue weighted by atomic mass is 35.5. The van der Waals surface area contributed by atoms with Crippen LogP contribution in [0.5, 0.6) is 0 Å². The largest absolute Gasteiger partial charge is 0.368 e. The molecule has 11 heavy (non-hydrogen) atoms. The quantitative estimate of drug-likeness (QED) is 0.701. The van der Waals surface area contributed by atoms with Gasteiger partial charge >= 0.3 is 0 Å². The molecule has 1 amide bonds.